The van der Waals surface area contributed by atoms with Gasteiger partial charge in [0.1, 0.15) is 0 Å². The zero-order valence-electron chi connectivity index (χ0n) is 10.6. The summed E-state index contributed by atoms with van der Waals surface area (Å²) in [6.45, 7) is 4.82. The molecule has 0 aromatic heterocycles. The number of hydrogen-bond acceptors (Lipinski definition) is 4. The Hall–Kier alpha value is -1.55. The average Bonchev–Trinajstić information content (AvgIpc) is 2.66. The largest absolute Gasteiger partial charge is 0.379 e. The number of para-hydroxylation sites is 1. The quantitative estimate of drug-likeness (QED) is 0.863. The molecule has 0 amide bonds. The number of benzene rings is 1. The second-order valence-corrected chi connectivity index (χ2v) is 4.58. The number of anilines is 1. The fourth-order valence-electron chi connectivity index (χ4n) is 2.21. The standard InChI is InChI=1S/C13H19N3O/c1-10(17-3)13(2)9-15-12(14)16(13)11-7-5-4-6-8-11/h4-8,10H,9H2,1-3H3,(H2,14,15). The summed E-state index contributed by atoms with van der Waals surface area (Å²) < 4.78 is 5.47. The minimum absolute atomic E-state index is 0.0486. The van der Waals surface area contributed by atoms with E-state index in [1.54, 1.807) is 7.11 Å². The fourth-order valence-corrected chi connectivity index (χ4v) is 2.21. The maximum absolute atomic E-state index is 6.00. The van der Waals surface area contributed by atoms with E-state index in [0.717, 1.165) is 5.69 Å². The number of hydrogen-bond donors (Lipinski definition) is 1. The van der Waals surface area contributed by atoms with Gasteiger partial charge in [-0.2, -0.15) is 0 Å². The monoisotopic (exact) mass is 233 g/mol. The highest BCUT2D eigenvalue weighted by Gasteiger charge is 2.43. The fraction of sp³-hybridized carbons (Fsp3) is 0.462. The third kappa shape index (κ3) is 1.89. The van der Waals surface area contributed by atoms with Crippen LogP contribution >= 0.6 is 0 Å². The lowest BCUT2D eigenvalue weighted by molar-refractivity contribution is 0.0645. The van der Waals surface area contributed by atoms with E-state index in [9.17, 15) is 0 Å². The van der Waals surface area contributed by atoms with Crippen LogP contribution in [-0.4, -0.2) is 31.3 Å². The summed E-state index contributed by atoms with van der Waals surface area (Å²) in [6.07, 6.45) is 0.0486. The maximum Gasteiger partial charge on any atom is 0.196 e. The summed E-state index contributed by atoms with van der Waals surface area (Å²) in [5, 5.41) is 0. The maximum atomic E-state index is 6.00. The molecule has 4 heteroatoms. The smallest absolute Gasteiger partial charge is 0.196 e. The molecule has 2 N–H and O–H groups in total. The zero-order chi connectivity index (χ0) is 12.5. The van der Waals surface area contributed by atoms with Crippen LogP contribution in [0.2, 0.25) is 0 Å². The molecule has 1 aromatic rings. The second kappa shape index (κ2) is 4.37. The zero-order valence-corrected chi connectivity index (χ0v) is 10.6. The first-order valence-electron chi connectivity index (χ1n) is 5.77. The predicted octanol–water partition coefficient (Wildman–Crippen LogP) is 1.61. The molecule has 2 atom stereocenters. The Morgan fingerprint density at radius 2 is 2.06 bits per heavy atom. The molecule has 1 aromatic carbocycles. The van der Waals surface area contributed by atoms with Crippen LogP contribution in [0.15, 0.2) is 35.3 Å². The lowest BCUT2D eigenvalue weighted by Crippen LogP contribution is -2.56. The summed E-state index contributed by atoms with van der Waals surface area (Å²) in [6, 6.07) is 10.1. The van der Waals surface area contributed by atoms with Gasteiger partial charge in [-0.3, -0.25) is 4.99 Å². The summed E-state index contributed by atoms with van der Waals surface area (Å²) in [7, 11) is 1.72. The second-order valence-electron chi connectivity index (χ2n) is 4.58. The molecule has 4 nitrogen and oxygen atoms in total. The molecule has 2 rings (SSSR count). The number of methoxy groups -OCH3 is 1. The van der Waals surface area contributed by atoms with Crippen LogP contribution in [0, 0.1) is 0 Å². The molecule has 0 aliphatic carbocycles. The van der Waals surface area contributed by atoms with E-state index in [2.05, 4.69) is 16.8 Å². The molecule has 92 valence electrons. The predicted molar refractivity (Wildman–Crippen MR) is 70.3 cm³/mol. The number of guanidine groups is 1. The lowest BCUT2D eigenvalue weighted by atomic mass is 9.94. The van der Waals surface area contributed by atoms with Gasteiger partial charge < -0.3 is 15.4 Å². The molecular weight excluding hydrogens is 214 g/mol. The minimum atomic E-state index is -0.222. The van der Waals surface area contributed by atoms with Crippen molar-refractivity contribution in [3.05, 3.63) is 30.3 Å². The molecule has 0 fully saturated rings. The van der Waals surface area contributed by atoms with E-state index in [4.69, 9.17) is 10.5 Å². The van der Waals surface area contributed by atoms with Crippen LogP contribution in [0.3, 0.4) is 0 Å². The van der Waals surface area contributed by atoms with Gasteiger partial charge in [-0.05, 0) is 26.0 Å². The molecule has 1 aliphatic heterocycles. The van der Waals surface area contributed by atoms with Crippen molar-refractivity contribution < 1.29 is 4.74 Å². The van der Waals surface area contributed by atoms with Gasteiger partial charge in [-0.1, -0.05) is 18.2 Å². The normalized spacial score (nSPS) is 25.8. The van der Waals surface area contributed by atoms with Crippen molar-refractivity contribution in [1.82, 2.24) is 0 Å². The van der Waals surface area contributed by atoms with Crippen LogP contribution in [0.1, 0.15) is 13.8 Å². The Kier molecular flexibility index (Phi) is 3.07. The Labute approximate surface area is 102 Å². The van der Waals surface area contributed by atoms with Crippen LogP contribution in [0.25, 0.3) is 0 Å². The van der Waals surface area contributed by atoms with E-state index >= 15 is 0 Å². The van der Waals surface area contributed by atoms with Gasteiger partial charge in [0.25, 0.3) is 0 Å². The minimum Gasteiger partial charge on any atom is -0.379 e. The molecular formula is C13H19N3O. The van der Waals surface area contributed by atoms with Gasteiger partial charge in [-0.15, -0.1) is 0 Å². The first-order chi connectivity index (χ1) is 8.09. The van der Waals surface area contributed by atoms with Crippen molar-refractivity contribution in [3.63, 3.8) is 0 Å². The molecule has 17 heavy (non-hydrogen) atoms. The van der Waals surface area contributed by atoms with Gasteiger partial charge in [-0.25, -0.2) is 0 Å². The van der Waals surface area contributed by atoms with Gasteiger partial charge in [0.05, 0.1) is 18.2 Å². The van der Waals surface area contributed by atoms with Gasteiger partial charge in [0.2, 0.25) is 0 Å². The average molecular weight is 233 g/mol. The van der Waals surface area contributed by atoms with Crippen LogP contribution in [-0.2, 0) is 4.74 Å². The first kappa shape index (κ1) is 11.9. The Bertz CT molecular complexity index is 418. The van der Waals surface area contributed by atoms with Gasteiger partial charge in [0.15, 0.2) is 5.96 Å². The van der Waals surface area contributed by atoms with Gasteiger partial charge in [0, 0.05) is 12.8 Å². The van der Waals surface area contributed by atoms with E-state index in [-0.39, 0.29) is 11.6 Å². The van der Waals surface area contributed by atoms with E-state index < -0.39 is 0 Å². The summed E-state index contributed by atoms with van der Waals surface area (Å²) in [5.41, 5.74) is 6.83. The lowest BCUT2D eigenvalue weighted by Gasteiger charge is -2.39. The van der Waals surface area contributed by atoms with Crippen LogP contribution in [0.5, 0.6) is 0 Å². The van der Waals surface area contributed by atoms with Crippen molar-refractivity contribution in [3.8, 4) is 0 Å². The molecule has 2 unspecified atom stereocenters. The van der Waals surface area contributed by atoms with Crippen molar-refractivity contribution in [2.75, 3.05) is 18.6 Å². The molecule has 1 heterocycles. The molecule has 0 bridgehead atoms. The van der Waals surface area contributed by atoms with Crippen molar-refractivity contribution >= 4 is 11.6 Å². The van der Waals surface area contributed by atoms with Gasteiger partial charge >= 0.3 is 0 Å². The third-order valence-corrected chi connectivity index (χ3v) is 3.54. The van der Waals surface area contributed by atoms with E-state index in [1.165, 1.54) is 0 Å². The van der Waals surface area contributed by atoms with E-state index in [1.807, 2.05) is 37.3 Å². The number of nitrogens with two attached hydrogens (primary N) is 1. The van der Waals surface area contributed by atoms with Crippen LogP contribution in [0.4, 0.5) is 5.69 Å². The Balaban J connectivity index is 2.38. The summed E-state index contributed by atoms with van der Waals surface area (Å²) >= 11 is 0. The SMILES string of the molecule is COC(C)C1(C)CN=C(N)N1c1ccccc1. The van der Waals surface area contributed by atoms with Crippen LogP contribution < -0.4 is 10.6 Å². The molecule has 0 spiro atoms. The number of ether oxygens (including phenoxy) is 1. The Morgan fingerprint density at radius 1 is 1.41 bits per heavy atom. The molecule has 1 aliphatic rings. The molecule has 0 radical (unpaired) electrons. The highest BCUT2D eigenvalue weighted by atomic mass is 16.5. The number of rotatable bonds is 3. The topological polar surface area (TPSA) is 50.9 Å². The van der Waals surface area contributed by atoms with E-state index in [0.29, 0.717) is 12.5 Å². The van der Waals surface area contributed by atoms with Crippen molar-refractivity contribution in [2.45, 2.75) is 25.5 Å². The first-order valence-corrected chi connectivity index (χ1v) is 5.77. The third-order valence-electron chi connectivity index (χ3n) is 3.54. The molecule has 0 saturated carbocycles. The highest BCUT2D eigenvalue weighted by molar-refractivity contribution is 5.98. The summed E-state index contributed by atoms with van der Waals surface area (Å²) in [5.74, 6) is 0.558. The number of nitrogens with zero attached hydrogens (tertiary/aromatic N) is 2. The highest BCUT2D eigenvalue weighted by Crippen LogP contribution is 2.31. The Morgan fingerprint density at radius 3 is 2.65 bits per heavy atom. The van der Waals surface area contributed by atoms with Crippen molar-refractivity contribution in [1.29, 1.82) is 0 Å². The summed E-state index contributed by atoms with van der Waals surface area (Å²) in [4.78, 5) is 6.41. The number of aliphatic imine (C=N–C) groups is 1. The van der Waals surface area contributed by atoms with Crippen molar-refractivity contribution in [2.24, 2.45) is 10.7 Å². The molecule has 0 saturated heterocycles.